The number of nitrogens with one attached hydrogen (secondary N) is 1. The first-order chi connectivity index (χ1) is 15.0. The van der Waals surface area contributed by atoms with Gasteiger partial charge in [0.15, 0.2) is 11.5 Å². The van der Waals surface area contributed by atoms with Crippen LogP contribution in [0.15, 0.2) is 52.7 Å². The number of hydrogen-bond donors (Lipinski definition) is 1. The molecule has 162 valence electrons. The number of nitrogens with zero attached hydrogens (tertiary/aromatic N) is 1. The predicted octanol–water partition coefficient (Wildman–Crippen LogP) is 3.52. The highest BCUT2D eigenvalue weighted by Crippen LogP contribution is 2.36. The highest BCUT2D eigenvalue weighted by Gasteiger charge is 2.31. The maximum Gasteiger partial charge on any atom is 0.294 e. The van der Waals surface area contributed by atoms with Gasteiger partial charge in [-0.25, -0.2) is 0 Å². The third-order valence-electron chi connectivity index (χ3n) is 5.16. The molecule has 7 nitrogen and oxygen atoms in total. The van der Waals surface area contributed by atoms with Crippen molar-refractivity contribution in [2.45, 2.75) is 18.9 Å². The minimum atomic E-state index is -0.377. The van der Waals surface area contributed by atoms with E-state index in [1.54, 1.807) is 31.4 Å². The van der Waals surface area contributed by atoms with Gasteiger partial charge in [-0.1, -0.05) is 18.2 Å². The molecule has 0 radical (unpaired) electrons. The maximum absolute atomic E-state index is 13.2. The zero-order chi connectivity index (χ0) is 21.8. The van der Waals surface area contributed by atoms with Crippen LogP contribution >= 0.6 is 15.9 Å². The van der Waals surface area contributed by atoms with Crippen molar-refractivity contribution < 1.29 is 23.8 Å². The molecule has 2 amide bonds. The van der Waals surface area contributed by atoms with E-state index in [4.69, 9.17) is 14.2 Å². The molecule has 31 heavy (non-hydrogen) atoms. The maximum atomic E-state index is 13.2. The Balaban J connectivity index is 1.55. The van der Waals surface area contributed by atoms with Gasteiger partial charge in [-0.2, -0.15) is 0 Å². The second-order valence-electron chi connectivity index (χ2n) is 7.30. The van der Waals surface area contributed by atoms with Crippen molar-refractivity contribution in [1.29, 1.82) is 0 Å². The van der Waals surface area contributed by atoms with Gasteiger partial charge in [-0.15, -0.1) is 0 Å². The van der Waals surface area contributed by atoms with Crippen LogP contribution in [0.25, 0.3) is 6.08 Å². The van der Waals surface area contributed by atoms with Gasteiger partial charge in [-0.05, 0) is 64.7 Å². The summed E-state index contributed by atoms with van der Waals surface area (Å²) in [5, 5.41) is 2.87. The summed E-state index contributed by atoms with van der Waals surface area (Å²) in [6, 6.07) is 12.6. The van der Waals surface area contributed by atoms with Crippen molar-refractivity contribution in [2.24, 2.45) is 0 Å². The number of benzene rings is 2. The first kappa shape index (κ1) is 21.4. The van der Waals surface area contributed by atoms with Gasteiger partial charge in [-0.3, -0.25) is 14.5 Å². The smallest absolute Gasteiger partial charge is 0.294 e. The van der Waals surface area contributed by atoms with Crippen LogP contribution in [0, 0.1) is 0 Å². The third-order valence-corrected chi connectivity index (χ3v) is 5.78. The zero-order valence-corrected chi connectivity index (χ0v) is 18.7. The molecule has 0 spiro atoms. The van der Waals surface area contributed by atoms with Crippen molar-refractivity contribution in [2.75, 3.05) is 31.7 Å². The van der Waals surface area contributed by atoms with Crippen molar-refractivity contribution in [1.82, 2.24) is 5.32 Å². The van der Waals surface area contributed by atoms with E-state index < -0.39 is 0 Å². The molecule has 1 unspecified atom stereocenters. The lowest BCUT2D eigenvalue weighted by Gasteiger charge is -2.30. The molecule has 2 aliphatic heterocycles. The Hall–Kier alpha value is -2.84. The van der Waals surface area contributed by atoms with Gasteiger partial charge >= 0.3 is 0 Å². The molecule has 1 fully saturated rings. The van der Waals surface area contributed by atoms with Gasteiger partial charge in [0.1, 0.15) is 12.3 Å². The highest BCUT2D eigenvalue weighted by molar-refractivity contribution is 9.10. The number of fused-ring (bicyclic) bond motifs is 1. The Morgan fingerprint density at radius 2 is 2.16 bits per heavy atom. The van der Waals surface area contributed by atoms with Gasteiger partial charge < -0.3 is 19.5 Å². The molecule has 2 heterocycles. The Bertz CT molecular complexity index is 1020. The number of methoxy groups -OCH3 is 1. The molecule has 8 heteroatoms. The van der Waals surface area contributed by atoms with Crippen LogP contribution in [0.3, 0.4) is 0 Å². The van der Waals surface area contributed by atoms with Crippen LogP contribution < -0.4 is 19.7 Å². The average molecular weight is 487 g/mol. The SMILES string of the molecule is COc1ccc(C=C2Oc3ccccc3N(CC(=O)NCC3CCCO3)C2=O)cc1Br. The zero-order valence-electron chi connectivity index (χ0n) is 17.1. The van der Waals surface area contributed by atoms with Gasteiger partial charge in [0, 0.05) is 13.2 Å². The van der Waals surface area contributed by atoms with E-state index in [1.807, 2.05) is 24.3 Å². The van der Waals surface area contributed by atoms with E-state index in [2.05, 4.69) is 21.2 Å². The molecule has 4 rings (SSSR count). The molecule has 0 aliphatic carbocycles. The van der Waals surface area contributed by atoms with E-state index >= 15 is 0 Å². The monoisotopic (exact) mass is 486 g/mol. The van der Waals surface area contributed by atoms with Crippen molar-refractivity contribution in [3.63, 3.8) is 0 Å². The first-order valence-corrected chi connectivity index (χ1v) is 10.9. The van der Waals surface area contributed by atoms with Gasteiger partial charge in [0.2, 0.25) is 5.91 Å². The summed E-state index contributed by atoms with van der Waals surface area (Å²) in [5.41, 5.74) is 1.33. The number of para-hydroxylation sites is 2. The number of hydrogen-bond acceptors (Lipinski definition) is 5. The summed E-state index contributed by atoms with van der Waals surface area (Å²) in [4.78, 5) is 27.2. The molecule has 2 aliphatic rings. The Morgan fingerprint density at radius 1 is 1.32 bits per heavy atom. The number of carbonyl (C=O) groups is 2. The molecule has 0 saturated carbocycles. The molecular formula is C23H23BrN2O5. The number of halogens is 1. The topological polar surface area (TPSA) is 77.1 Å². The first-order valence-electron chi connectivity index (χ1n) is 10.1. The standard InChI is InChI=1S/C23H23BrN2O5/c1-29-19-9-8-15(11-17(19)24)12-21-23(28)26(18-6-2-3-7-20(18)31-21)14-22(27)25-13-16-5-4-10-30-16/h2-3,6-9,11-12,16H,4-5,10,13-14H2,1H3,(H,25,27). The number of amides is 2. The van der Waals surface area contributed by atoms with E-state index in [0.717, 1.165) is 29.5 Å². The lowest BCUT2D eigenvalue weighted by atomic mass is 10.1. The summed E-state index contributed by atoms with van der Waals surface area (Å²) in [6.45, 7) is 1.07. The number of rotatable bonds is 6. The number of anilines is 1. The van der Waals surface area contributed by atoms with Crippen LogP contribution in [0.1, 0.15) is 18.4 Å². The molecule has 0 aromatic heterocycles. The molecule has 2 aromatic rings. The fourth-order valence-corrected chi connectivity index (χ4v) is 4.13. The van der Waals surface area contributed by atoms with Crippen molar-refractivity contribution >= 4 is 39.5 Å². The van der Waals surface area contributed by atoms with Crippen LogP contribution in [0.5, 0.6) is 11.5 Å². The normalized spacial score (nSPS) is 19.2. The minimum absolute atomic E-state index is 0.0422. The van der Waals surface area contributed by atoms with E-state index in [0.29, 0.717) is 23.7 Å². The largest absolute Gasteiger partial charge is 0.496 e. The molecule has 1 N–H and O–H groups in total. The molecule has 1 saturated heterocycles. The minimum Gasteiger partial charge on any atom is -0.496 e. The van der Waals surface area contributed by atoms with E-state index in [-0.39, 0.29) is 30.2 Å². The summed E-state index contributed by atoms with van der Waals surface area (Å²) >= 11 is 3.45. The summed E-state index contributed by atoms with van der Waals surface area (Å²) < 4.78 is 17.4. The lowest BCUT2D eigenvalue weighted by Crippen LogP contribution is -2.45. The van der Waals surface area contributed by atoms with Crippen LogP contribution in [0.4, 0.5) is 5.69 Å². The van der Waals surface area contributed by atoms with Gasteiger partial charge in [0.25, 0.3) is 5.91 Å². The third kappa shape index (κ3) is 4.91. The van der Waals surface area contributed by atoms with E-state index in [9.17, 15) is 9.59 Å². The summed E-state index contributed by atoms with van der Waals surface area (Å²) in [6.07, 6.45) is 3.63. The fraction of sp³-hybridized carbons (Fsp3) is 0.304. The quantitative estimate of drug-likeness (QED) is 0.632. The number of ether oxygens (including phenoxy) is 3. The molecule has 2 aromatic carbocycles. The van der Waals surface area contributed by atoms with Crippen LogP contribution in [-0.2, 0) is 14.3 Å². The Kier molecular flexibility index (Phi) is 6.58. The Morgan fingerprint density at radius 3 is 2.90 bits per heavy atom. The average Bonchev–Trinajstić information content (AvgIpc) is 3.29. The molecule has 0 bridgehead atoms. The predicted molar refractivity (Wildman–Crippen MR) is 120 cm³/mol. The second kappa shape index (κ2) is 9.53. The van der Waals surface area contributed by atoms with Crippen molar-refractivity contribution in [3.05, 3.63) is 58.3 Å². The van der Waals surface area contributed by atoms with E-state index in [1.165, 1.54) is 4.90 Å². The Labute approximate surface area is 189 Å². The highest BCUT2D eigenvalue weighted by atomic mass is 79.9. The lowest BCUT2D eigenvalue weighted by molar-refractivity contribution is -0.123. The summed E-state index contributed by atoms with van der Waals surface area (Å²) in [7, 11) is 1.59. The van der Waals surface area contributed by atoms with Crippen molar-refractivity contribution in [3.8, 4) is 11.5 Å². The molecule has 1 atom stereocenters. The van der Waals surface area contributed by atoms with Crippen LogP contribution in [-0.4, -0.2) is 44.7 Å². The van der Waals surface area contributed by atoms with Crippen LogP contribution in [0.2, 0.25) is 0 Å². The number of carbonyl (C=O) groups excluding carboxylic acids is 2. The molecular weight excluding hydrogens is 464 g/mol. The van der Waals surface area contributed by atoms with Gasteiger partial charge in [0.05, 0.1) is 23.4 Å². The fourth-order valence-electron chi connectivity index (χ4n) is 3.58. The second-order valence-corrected chi connectivity index (χ2v) is 8.16. The summed E-state index contributed by atoms with van der Waals surface area (Å²) in [5.74, 6) is 0.730.